The molecule has 0 unspecified atom stereocenters. The number of halogens is 2. The topological polar surface area (TPSA) is 69.6 Å². The first-order chi connectivity index (χ1) is 9.92. The molecule has 1 aromatic rings. The third kappa shape index (κ3) is 3.51. The van der Waals surface area contributed by atoms with E-state index in [0.29, 0.717) is 0 Å². The molecule has 1 fully saturated rings. The molecule has 1 saturated heterocycles. The largest absolute Gasteiger partial charge is 0.391 e. The Kier molecular flexibility index (Phi) is 4.80. The van der Waals surface area contributed by atoms with Crippen LogP contribution in [-0.2, 0) is 4.79 Å². The number of aliphatic hydroxyl groups is 1. The number of hydrogen-bond acceptors (Lipinski definition) is 3. The zero-order valence-electron chi connectivity index (χ0n) is 11.5. The molecule has 0 spiro atoms. The van der Waals surface area contributed by atoms with Crippen LogP contribution >= 0.6 is 11.6 Å². The number of β-amino-alcohol motifs (C(OH)–C–C–N with tert-alkyl or cyclic N) is 1. The van der Waals surface area contributed by atoms with Crippen molar-refractivity contribution in [3.8, 4) is 0 Å². The van der Waals surface area contributed by atoms with E-state index in [1.165, 1.54) is 24.1 Å². The number of nitrogens with zero attached hydrogens (tertiary/aromatic N) is 1. The first-order valence-electron chi connectivity index (χ1n) is 6.55. The van der Waals surface area contributed by atoms with E-state index in [4.69, 9.17) is 11.6 Å². The molecule has 21 heavy (non-hydrogen) atoms. The lowest BCUT2D eigenvalue weighted by atomic mass is 10.0. The minimum absolute atomic E-state index is 0.123. The van der Waals surface area contributed by atoms with Crippen LogP contribution in [0.2, 0.25) is 5.02 Å². The number of nitrogens with one attached hydrogen (secondary N) is 1. The summed E-state index contributed by atoms with van der Waals surface area (Å²) in [7, 11) is 1.52. The van der Waals surface area contributed by atoms with E-state index < -0.39 is 11.9 Å². The number of hydrogen-bond donors (Lipinski definition) is 2. The van der Waals surface area contributed by atoms with Gasteiger partial charge in [-0.1, -0.05) is 11.6 Å². The maximum Gasteiger partial charge on any atom is 0.254 e. The third-order valence-electron chi connectivity index (χ3n) is 3.59. The normalized spacial score (nSPS) is 21.4. The molecule has 1 aromatic carbocycles. The van der Waals surface area contributed by atoms with Crippen LogP contribution < -0.4 is 5.32 Å². The third-order valence-corrected chi connectivity index (χ3v) is 3.88. The molecule has 0 aliphatic carbocycles. The quantitative estimate of drug-likeness (QED) is 0.876. The summed E-state index contributed by atoms with van der Waals surface area (Å²) in [5.41, 5.74) is 0.259. The van der Waals surface area contributed by atoms with Crippen LogP contribution in [0.25, 0.3) is 0 Å². The molecule has 0 aromatic heterocycles. The van der Waals surface area contributed by atoms with Crippen LogP contribution in [0.5, 0.6) is 0 Å². The fraction of sp³-hybridized carbons (Fsp3) is 0.429. The van der Waals surface area contributed by atoms with Crippen molar-refractivity contribution >= 4 is 23.4 Å². The number of rotatable bonds is 3. The second-order valence-corrected chi connectivity index (χ2v) is 5.45. The van der Waals surface area contributed by atoms with E-state index in [-0.39, 0.29) is 47.8 Å². The van der Waals surface area contributed by atoms with Gasteiger partial charge < -0.3 is 15.3 Å². The van der Waals surface area contributed by atoms with Crippen molar-refractivity contribution in [1.82, 2.24) is 10.2 Å². The maximum atomic E-state index is 13.1. The van der Waals surface area contributed by atoms with Gasteiger partial charge in [0.1, 0.15) is 5.82 Å². The average Bonchev–Trinajstić information content (AvgIpc) is 2.82. The molecule has 2 rings (SSSR count). The van der Waals surface area contributed by atoms with Crippen LogP contribution in [0, 0.1) is 11.7 Å². The number of likely N-dealkylation sites (tertiary alicyclic amines) is 1. The summed E-state index contributed by atoms with van der Waals surface area (Å²) in [6, 6.07) is 3.74. The molecular weight excluding hydrogens is 299 g/mol. The Bertz CT molecular complexity index is 567. The van der Waals surface area contributed by atoms with Gasteiger partial charge in [-0.2, -0.15) is 0 Å². The highest BCUT2D eigenvalue weighted by Gasteiger charge is 2.35. The number of amides is 2. The molecule has 0 radical (unpaired) electrons. The Labute approximate surface area is 126 Å². The Balaban J connectivity index is 2.07. The van der Waals surface area contributed by atoms with E-state index in [9.17, 15) is 19.1 Å². The lowest BCUT2D eigenvalue weighted by Crippen LogP contribution is -2.29. The van der Waals surface area contributed by atoms with Gasteiger partial charge in [-0.25, -0.2) is 4.39 Å². The van der Waals surface area contributed by atoms with Crippen molar-refractivity contribution in [1.29, 1.82) is 0 Å². The highest BCUT2D eigenvalue weighted by molar-refractivity contribution is 6.31. The van der Waals surface area contributed by atoms with Crippen molar-refractivity contribution in [2.24, 2.45) is 5.92 Å². The summed E-state index contributed by atoms with van der Waals surface area (Å²) in [5, 5.41) is 12.3. The fourth-order valence-corrected chi connectivity index (χ4v) is 2.55. The van der Waals surface area contributed by atoms with Crippen LogP contribution in [-0.4, -0.2) is 48.1 Å². The standard InChI is InChI=1S/C14H16ClFN2O3/c1-17-13(20)5-9-6-18(7-12(9)19)14(21)8-2-3-11(16)10(15)4-8/h2-4,9,12,19H,5-7H2,1H3,(H,17,20)/t9-,12-/m0/s1. The van der Waals surface area contributed by atoms with Crippen LogP contribution in [0.15, 0.2) is 18.2 Å². The minimum atomic E-state index is -0.748. The number of carbonyl (C=O) groups is 2. The Morgan fingerprint density at radius 3 is 2.81 bits per heavy atom. The molecule has 114 valence electrons. The zero-order chi connectivity index (χ0) is 15.6. The summed E-state index contributed by atoms with van der Waals surface area (Å²) < 4.78 is 13.1. The van der Waals surface area contributed by atoms with Crippen molar-refractivity contribution in [2.75, 3.05) is 20.1 Å². The summed E-state index contributed by atoms with van der Waals surface area (Å²) in [6.07, 6.45) is -0.590. The highest BCUT2D eigenvalue weighted by Crippen LogP contribution is 2.23. The van der Waals surface area contributed by atoms with Gasteiger partial charge in [-0.15, -0.1) is 0 Å². The molecule has 2 N–H and O–H groups in total. The van der Waals surface area contributed by atoms with Crippen LogP contribution in [0.1, 0.15) is 16.8 Å². The predicted octanol–water partition coefficient (Wildman–Crippen LogP) is 1.05. The minimum Gasteiger partial charge on any atom is -0.391 e. The summed E-state index contributed by atoms with van der Waals surface area (Å²) in [6.45, 7) is 0.428. The van der Waals surface area contributed by atoms with Gasteiger partial charge in [-0.3, -0.25) is 9.59 Å². The molecule has 2 amide bonds. The summed E-state index contributed by atoms with van der Waals surface area (Å²) >= 11 is 5.66. The van der Waals surface area contributed by atoms with Gasteiger partial charge in [-0.05, 0) is 18.2 Å². The van der Waals surface area contributed by atoms with Gasteiger partial charge >= 0.3 is 0 Å². The van der Waals surface area contributed by atoms with Gasteiger partial charge in [0, 0.05) is 38.0 Å². The monoisotopic (exact) mass is 314 g/mol. The van der Waals surface area contributed by atoms with Gasteiger partial charge in [0.05, 0.1) is 11.1 Å². The lowest BCUT2D eigenvalue weighted by Gasteiger charge is -2.16. The van der Waals surface area contributed by atoms with Crippen molar-refractivity contribution < 1.29 is 19.1 Å². The van der Waals surface area contributed by atoms with Crippen molar-refractivity contribution in [2.45, 2.75) is 12.5 Å². The smallest absolute Gasteiger partial charge is 0.254 e. The number of aliphatic hydroxyl groups excluding tert-OH is 1. The first kappa shape index (κ1) is 15.7. The van der Waals surface area contributed by atoms with Crippen LogP contribution in [0.3, 0.4) is 0 Å². The Morgan fingerprint density at radius 2 is 2.19 bits per heavy atom. The van der Waals surface area contributed by atoms with Crippen molar-refractivity contribution in [3.05, 3.63) is 34.6 Å². The van der Waals surface area contributed by atoms with E-state index in [1.54, 1.807) is 0 Å². The fourth-order valence-electron chi connectivity index (χ4n) is 2.37. The van der Waals surface area contributed by atoms with Gasteiger partial charge in [0.25, 0.3) is 5.91 Å². The molecule has 5 nitrogen and oxygen atoms in total. The molecule has 0 bridgehead atoms. The molecule has 0 saturated carbocycles. The zero-order valence-corrected chi connectivity index (χ0v) is 12.2. The average molecular weight is 315 g/mol. The summed E-state index contributed by atoms with van der Waals surface area (Å²) in [5.74, 6) is -1.41. The number of carbonyl (C=O) groups excluding carboxylic acids is 2. The SMILES string of the molecule is CNC(=O)C[C@H]1CN(C(=O)c2ccc(F)c(Cl)c2)C[C@@H]1O. The summed E-state index contributed by atoms with van der Waals surface area (Å²) in [4.78, 5) is 25.1. The molecule has 1 aliphatic heterocycles. The van der Waals surface area contributed by atoms with E-state index >= 15 is 0 Å². The Morgan fingerprint density at radius 1 is 1.48 bits per heavy atom. The lowest BCUT2D eigenvalue weighted by molar-refractivity contribution is -0.122. The predicted molar refractivity (Wildman–Crippen MR) is 75.5 cm³/mol. The number of benzene rings is 1. The first-order valence-corrected chi connectivity index (χ1v) is 6.93. The Hall–Kier alpha value is -1.66. The molecule has 1 heterocycles. The van der Waals surface area contributed by atoms with E-state index in [2.05, 4.69) is 5.32 Å². The molecular formula is C14H16ClFN2O3. The molecule has 7 heteroatoms. The highest BCUT2D eigenvalue weighted by atomic mass is 35.5. The van der Waals surface area contributed by atoms with E-state index in [0.717, 1.165) is 6.07 Å². The van der Waals surface area contributed by atoms with Crippen molar-refractivity contribution in [3.63, 3.8) is 0 Å². The maximum absolute atomic E-state index is 13.1. The van der Waals surface area contributed by atoms with E-state index in [1.807, 2.05) is 0 Å². The van der Waals surface area contributed by atoms with Gasteiger partial charge in [0.15, 0.2) is 0 Å². The van der Waals surface area contributed by atoms with Gasteiger partial charge in [0.2, 0.25) is 5.91 Å². The molecule has 1 aliphatic rings. The molecule has 2 atom stereocenters. The second kappa shape index (κ2) is 6.41. The van der Waals surface area contributed by atoms with Crippen LogP contribution in [0.4, 0.5) is 4.39 Å². The second-order valence-electron chi connectivity index (χ2n) is 5.04.